The van der Waals surface area contributed by atoms with Gasteiger partial charge in [0.2, 0.25) is 0 Å². The average molecular weight is 283 g/mol. The van der Waals surface area contributed by atoms with Crippen LogP contribution in [0.1, 0.15) is 76.2 Å². The minimum Gasteiger partial charge on any atom is -0.306 e. The molecular weight excluding hydrogens is 254 g/mol. The van der Waals surface area contributed by atoms with E-state index in [-0.39, 0.29) is 5.54 Å². The lowest BCUT2D eigenvalue weighted by Crippen LogP contribution is -2.35. The van der Waals surface area contributed by atoms with Crippen molar-refractivity contribution in [3.63, 3.8) is 0 Å². The predicted molar refractivity (Wildman–Crippen MR) is 83.6 cm³/mol. The van der Waals surface area contributed by atoms with Crippen LogP contribution in [-0.4, -0.2) is 15.7 Å². The van der Waals surface area contributed by atoms with Crippen LogP contribution in [0.3, 0.4) is 0 Å². The summed E-state index contributed by atoms with van der Waals surface area (Å²) < 4.78 is 0. The molecule has 0 aliphatic heterocycles. The normalized spacial score (nSPS) is 12.0. The molecule has 0 aliphatic carbocycles. The van der Waals surface area contributed by atoms with Gasteiger partial charge in [-0.1, -0.05) is 39.0 Å². The summed E-state index contributed by atoms with van der Waals surface area (Å²) in [5.41, 5.74) is 0.144. The molecule has 4 heteroatoms. The smallest absolute Gasteiger partial charge is 0.131 e. The molecule has 110 valence electrons. The van der Waals surface area contributed by atoms with Crippen LogP contribution >= 0.6 is 11.3 Å². The average Bonchev–Trinajstić information content (AvgIpc) is 2.78. The molecule has 0 unspecified atom stereocenters. The van der Waals surface area contributed by atoms with E-state index in [1.807, 2.05) is 0 Å². The van der Waals surface area contributed by atoms with Crippen molar-refractivity contribution in [1.82, 2.24) is 15.5 Å². The molecule has 19 heavy (non-hydrogen) atoms. The highest BCUT2D eigenvalue weighted by atomic mass is 32.1. The molecule has 3 nitrogen and oxygen atoms in total. The van der Waals surface area contributed by atoms with Crippen molar-refractivity contribution in [2.45, 2.75) is 84.7 Å². The summed E-state index contributed by atoms with van der Waals surface area (Å²) in [6.45, 7) is 9.60. The van der Waals surface area contributed by atoms with Crippen molar-refractivity contribution in [3.05, 3.63) is 10.0 Å². The Balaban J connectivity index is 2.16. The third kappa shape index (κ3) is 8.32. The van der Waals surface area contributed by atoms with Crippen molar-refractivity contribution in [2.75, 3.05) is 0 Å². The minimum atomic E-state index is 0.144. The molecule has 0 atom stereocenters. The molecule has 0 aromatic carbocycles. The van der Waals surface area contributed by atoms with Gasteiger partial charge in [0.25, 0.3) is 0 Å². The van der Waals surface area contributed by atoms with Crippen LogP contribution in [0.25, 0.3) is 0 Å². The van der Waals surface area contributed by atoms with Gasteiger partial charge in [0, 0.05) is 12.0 Å². The van der Waals surface area contributed by atoms with E-state index in [0.29, 0.717) is 0 Å². The van der Waals surface area contributed by atoms with Gasteiger partial charge in [-0.25, -0.2) is 0 Å². The molecule has 1 rings (SSSR count). The standard InChI is InChI=1S/C15H29N3S/c1-5-6-7-8-9-10-11-13-17-18-14(19-13)12-16-15(2,3)4/h16H,5-12H2,1-4H3. The maximum Gasteiger partial charge on any atom is 0.131 e. The molecule has 1 heterocycles. The number of unbranched alkanes of at least 4 members (excludes halogenated alkanes) is 5. The molecule has 0 fully saturated rings. The molecule has 1 aromatic rings. The lowest BCUT2D eigenvalue weighted by atomic mass is 10.1. The SMILES string of the molecule is CCCCCCCCc1nnc(CNC(C)(C)C)s1. The highest BCUT2D eigenvalue weighted by Gasteiger charge is 2.10. The molecule has 0 radical (unpaired) electrons. The van der Waals surface area contributed by atoms with Crippen LogP contribution in [0.5, 0.6) is 0 Å². The number of nitrogens with one attached hydrogen (secondary N) is 1. The van der Waals surface area contributed by atoms with Gasteiger partial charge < -0.3 is 5.32 Å². The first kappa shape index (κ1) is 16.6. The number of rotatable bonds is 9. The quantitative estimate of drug-likeness (QED) is 0.685. The first-order chi connectivity index (χ1) is 9.01. The number of hydrogen-bond donors (Lipinski definition) is 1. The number of hydrogen-bond acceptors (Lipinski definition) is 4. The van der Waals surface area contributed by atoms with E-state index in [4.69, 9.17) is 0 Å². The summed E-state index contributed by atoms with van der Waals surface area (Å²) in [5, 5.41) is 14.3. The van der Waals surface area contributed by atoms with E-state index in [2.05, 4.69) is 43.2 Å². The summed E-state index contributed by atoms with van der Waals surface area (Å²) in [4.78, 5) is 0. The van der Waals surface area contributed by atoms with Gasteiger partial charge in [0.05, 0.1) is 6.54 Å². The summed E-state index contributed by atoms with van der Waals surface area (Å²) in [5.74, 6) is 0. The van der Waals surface area contributed by atoms with Crippen LogP contribution in [0.15, 0.2) is 0 Å². The lowest BCUT2D eigenvalue weighted by Gasteiger charge is -2.19. The molecular formula is C15H29N3S. The molecule has 0 bridgehead atoms. The zero-order valence-electron chi connectivity index (χ0n) is 13.0. The zero-order valence-corrected chi connectivity index (χ0v) is 13.8. The van der Waals surface area contributed by atoms with Gasteiger partial charge in [0.15, 0.2) is 0 Å². The maximum absolute atomic E-state index is 4.28. The molecule has 1 N–H and O–H groups in total. The van der Waals surface area contributed by atoms with E-state index < -0.39 is 0 Å². The highest BCUT2D eigenvalue weighted by molar-refractivity contribution is 7.11. The molecule has 0 saturated carbocycles. The minimum absolute atomic E-state index is 0.144. The van der Waals surface area contributed by atoms with Crippen molar-refractivity contribution < 1.29 is 0 Å². The van der Waals surface area contributed by atoms with E-state index in [1.165, 1.54) is 43.5 Å². The monoisotopic (exact) mass is 283 g/mol. The van der Waals surface area contributed by atoms with E-state index in [9.17, 15) is 0 Å². The van der Waals surface area contributed by atoms with Gasteiger partial charge >= 0.3 is 0 Å². The van der Waals surface area contributed by atoms with Crippen molar-refractivity contribution in [1.29, 1.82) is 0 Å². The summed E-state index contributed by atoms with van der Waals surface area (Å²) >= 11 is 1.76. The molecule has 0 amide bonds. The van der Waals surface area contributed by atoms with Crippen LogP contribution in [0.2, 0.25) is 0 Å². The second-order valence-electron chi connectivity index (χ2n) is 6.21. The van der Waals surface area contributed by atoms with Crippen LogP contribution in [0.4, 0.5) is 0 Å². The second kappa shape index (κ2) is 8.64. The molecule has 0 spiro atoms. The van der Waals surface area contributed by atoms with Crippen molar-refractivity contribution >= 4 is 11.3 Å². The Bertz CT molecular complexity index is 341. The largest absolute Gasteiger partial charge is 0.306 e. The van der Waals surface area contributed by atoms with Gasteiger partial charge in [-0.15, -0.1) is 21.5 Å². The Morgan fingerprint density at radius 1 is 0.947 bits per heavy atom. The third-order valence-electron chi connectivity index (χ3n) is 3.02. The second-order valence-corrected chi connectivity index (χ2v) is 7.36. The Morgan fingerprint density at radius 3 is 2.26 bits per heavy atom. The predicted octanol–water partition coefficient (Wildman–Crippen LogP) is 4.33. The zero-order chi connectivity index (χ0) is 14.1. The Morgan fingerprint density at radius 2 is 1.58 bits per heavy atom. The van der Waals surface area contributed by atoms with Crippen LogP contribution < -0.4 is 5.32 Å². The first-order valence-electron chi connectivity index (χ1n) is 7.57. The molecule has 0 aliphatic rings. The van der Waals surface area contributed by atoms with Gasteiger partial charge in [0.1, 0.15) is 10.0 Å². The highest BCUT2D eigenvalue weighted by Crippen LogP contribution is 2.15. The fourth-order valence-electron chi connectivity index (χ4n) is 1.86. The van der Waals surface area contributed by atoms with Crippen LogP contribution in [0, 0.1) is 0 Å². The lowest BCUT2D eigenvalue weighted by molar-refractivity contribution is 0.423. The fourth-order valence-corrected chi connectivity index (χ4v) is 2.68. The Hall–Kier alpha value is -0.480. The van der Waals surface area contributed by atoms with E-state index in [1.54, 1.807) is 11.3 Å². The fraction of sp³-hybridized carbons (Fsp3) is 0.867. The summed E-state index contributed by atoms with van der Waals surface area (Å²) in [6, 6.07) is 0. The van der Waals surface area contributed by atoms with Crippen LogP contribution in [-0.2, 0) is 13.0 Å². The van der Waals surface area contributed by atoms with Crippen molar-refractivity contribution in [3.8, 4) is 0 Å². The number of nitrogens with zero attached hydrogens (tertiary/aromatic N) is 2. The Kier molecular flexibility index (Phi) is 7.54. The summed E-state index contributed by atoms with van der Waals surface area (Å²) in [6.07, 6.45) is 9.12. The van der Waals surface area contributed by atoms with Gasteiger partial charge in [-0.05, 0) is 27.2 Å². The summed E-state index contributed by atoms with van der Waals surface area (Å²) in [7, 11) is 0. The van der Waals surface area contributed by atoms with Gasteiger partial charge in [-0.3, -0.25) is 0 Å². The van der Waals surface area contributed by atoms with E-state index >= 15 is 0 Å². The number of aromatic nitrogens is 2. The molecule has 0 saturated heterocycles. The molecule has 1 aromatic heterocycles. The number of aryl methyl sites for hydroxylation is 1. The third-order valence-corrected chi connectivity index (χ3v) is 4.01. The topological polar surface area (TPSA) is 37.8 Å². The first-order valence-corrected chi connectivity index (χ1v) is 8.39. The van der Waals surface area contributed by atoms with Crippen molar-refractivity contribution in [2.24, 2.45) is 0 Å². The maximum atomic E-state index is 4.28. The van der Waals surface area contributed by atoms with Gasteiger partial charge in [-0.2, -0.15) is 0 Å². The van der Waals surface area contributed by atoms with E-state index in [0.717, 1.165) is 18.0 Å². The Labute approximate surface area is 122 Å².